The zero-order valence-corrected chi connectivity index (χ0v) is 13.7. The van der Waals surface area contributed by atoms with E-state index >= 15 is 0 Å². The number of fused-ring (bicyclic) bond motifs is 2. The van der Waals surface area contributed by atoms with Crippen molar-refractivity contribution >= 4 is 17.1 Å². The molecule has 5 nitrogen and oxygen atoms in total. The van der Waals surface area contributed by atoms with Crippen LogP contribution in [-0.2, 0) is 25.9 Å². The van der Waals surface area contributed by atoms with Crippen LogP contribution < -0.4 is 10.6 Å². The van der Waals surface area contributed by atoms with E-state index in [1.54, 1.807) is 6.07 Å². The minimum atomic E-state index is -0.374. The lowest BCUT2D eigenvalue weighted by Gasteiger charge is -2.11. The van der Waals surface area contributed by atoms with Crippen molar-refractivity contribution in [1.29, 1.82) is 0 Å². The number of halogens is 1. The van der Waals surface area contributed by atoms with Gasteiger partial charge in [-0.15, -0.1) is 0 Å². The molecular weight excluding hydrogens is 319 g/mol. The molecule has 0 atom stereocenters. The molecule has 1 aliphatic rings. The van der Waals surface area contributed by atoms with Gasteiger partial charge in [0.2, 0.25) is 0 Å². The van der Waals surface area contributed by atoms with Crippen molar-refractivity contribution in [3.8, 4) is 0 Å². The maximum absolute atomic E-state index is 14.0. The first-order chi connectivity index (χ1) is 12.2. The van der Waals surface area contributed by atoms with E-state index in [0.717, 1.165) is 23.9 Å². The summed E-state index contributed by atoms with van der Waals surface area (Å²) in [7, 11) is 0. The van der Waals surface area contributed by atoms with Crippen LogP contribution in [0, 0.1) is 5.82 Å². The number of aromatic amines is 1. The Morgan fingerprint density at radius 2 is 2.04 bits per heavy atom. The molecule has 2 amide bonds. The van der Waals surface area contributed by atoms with E-state index in [4.69, 9.17) is 0 Å². The monoisotopic (exact) mass is 338 g/mol. The second kappa shape index (κ2) is 6.55. The van der Waals surface area contributed by atoms with Gasteiger partial charge in [-0.25, -0.2) is 14.2 Å². The van der Waals surface area contributed by atoms with Crippen LogP contribution in [0.4, 0.5) is 9.18 Å². The molecule has 0 unspecified atom stereocenters. The maximum Gasteiger partial charge on any atom is 0.315 e. The SMILES string of the molecule is O=C(NCc1cccc2c1CCC2)NCc1c(F)ccc2[nH]cnc12. The van der Waals surface area contributed by atoms with Gasteiger partial charge in [0, 0.05) is 18.7 Å². The van der Waals surface area contributed by atoms with E-state index in [0.29, 0.717) is 17.6 Å². The van der Waals surface area contributed by atoms with Gasteiger partial charge in [-0.3, -0.25) is 0 Å². The van der Waals surface area contributed by atoms with Crippen molar-refractivity contribution in [3.63, 3.8) is 0 Å². The van der Waals surface area contributed by atoms with Crippen molar-refractivity contribution in [2.75, 3.05) is 0 Å². The summed E-state index contributed by atoms with van der Waals surface area (Å²) >= 11 is 0. The van der Waals surface area contributed by atoms with Crippen LogP contribution in [0.15, 0.2) is 36.7 Å². The Balaban J connectivity index is 1.39. The highest BCUT2D eigenvalue weighted by atomic mass is 19.1. The molecule has 1 aromatic heterocycles. The number of nitrogens with zero attached hydrogens (tertiary/aromatic N) is 1. The molecule has 0 saturated heterocycles. The lowest BCUT2D eigenvalue weighted by Crippen LogP contribution is -2.35. The van der Waals surface area contributed by atoms with Gasteiger partial charge in [0.05, 0.1) is 17.4 Å². The minimum absolute atomic E-state index is 0.0900. The van der Waals surface area contributed by atoms with Crippen LogP contribution in [0.25, 0.3) is 11.0 Å². The lowest BCUT2D eigenvalue weighted by atomic mass is 10.0. The molecule has 0 saturated carbocycles. The van der Waals surface area contributed by atoms with Gasteiger partial charge in [0.15, 0.2) is 0 Å². The van der Waals surface area contributed by atoms with E-state index in [-0.39, 0.29) is 18.4 Å². The topological polar surface area (TPSA) is 69.8 Å². The number of aryl methyl sites for hydroxylation is 1. The van der Waals surface area contributed by atoms with E-state index in [2.05, 4.69) is 32.7 Å². The first-order valence-electron chi connectivity index (χ1n) is 8.44. The second-order valence-electron chi connectivity index (χ2n) is 6.27. The quantitative estimate of drug-likeness (QED) is 0.684. The van der Waals surface area contributed by atoms with Gasteiger partial charge < -0.3 is 15.6 Å². The van der Waals surface area contributed by atoms with Crippen LogP contribution in [0.2, 0.25) is 0 Å². The molecule has 0 aliphatic heterocycles. The predicted octanol–water partition coefficient (Wildman–Crippen LogP) is 3.19. The highest BCUT2D eigenvalue weighted by Crippen LogP contribution is 2.25. The number of hydrogen-bond acceptors (Lipinski definition) is 2. The Hall–Kier alpha value is -2.89. The number of nitrogens with one attached hydrogen (secondary N) is 3. The number of carbonyl (C=O) groups is 1. The molecule has 4 rings (SSSR count). The maximum atomic E-state index is 14.0. The van der Waals surface area contributed by atoms with Crippen molar-refractivity contribution in [1.82, 2.24) is 20.6 Å². The second-order valence-corrected chi connectivity index (χ2v) is 6.27. The van der Waals surface area contributed by atoms with Gasteiger partial charge in [-0.1, -0.05) is 18.2 Å². The number of H-pyrrole nitrogens is 1. The number of hydrogen-bond donors (Lipinski definition) is 3. The van der Waals surface area contributed by atoms with Gasteiger partial charge in [0.1, 0.15) is 5.82 Å². The van der Waals surface area contributed by atoms with Crippen LogP contribution in [0.1, 0.15) is 28.7 Å². The van der Waals surface area contributed by atoms with Crippen LogP contribution >= 0.6 is 0 Å². The van der Waals surface area contributed by atoms with Crippen molar-refractivity contribution in [3.05, 3.63) is 64.7 Å². The molecule has 6 heteroatoms. The van der Waals surface area contributed by atoms with Crippen molar-refractivity contribution in [2.24, 2.45) is 0 Å². The van der Waals surface area contributed by atoms with Crippen molar-refractivity contribution < 1.29 is 9.18 Å². The van der Waals surface area contributed by atoms with Crippen molar-refractivity contribution in [2.45, 2.75) is 32.4 Å². The lowest BCUT2D eigenvalue weighted by molar-refractivity contribution is 0.240. The number of urea groups is 1. The number of rotatable bonds is 4. The standard InChI is InChI=1S/C19H19FN4O/c20-16-7-8-17-18(24-11-23-17)15(16)10-22-19(25)21-9-13-5-1-3-12-4-2-6-14(12)13/h1,3,5,7-8,11H,2,4,6,9-10H2,(H,23,24)(H2,21,22,25). The molecule has 1 aliphatic carbocycles. The largest absolute Gasteiger partial charge is 0.345 e. The first-order valence-corrected chi connectivity index (χ1v) is 8.44. The highest BCUT2D eigenvalue weighted by molar-refractivity contribution is 5.79. The zero-order valence-electron chi connectivity index (χ0n) is 13.7. The van der Waals surface area contributed by atoms with E-state index in [9.17, 15) is 9.18 Å². The summed E-state index contributed by atoms with van der Waals surface area (Å²) in [5.74, 6) is -0.374. The molecule has 0 bridgehead atoms. The summed E-state index contributed by atoms with van der Waals surface area (Å²) in [4.78, 5) is 19.2. The molecule has 0 spiro atoms. The Kier molecular flexibility index (Phi) is 4.09. The predicted molar refractivity (Wildman–Crippen MR) is 93.6 cm³/mol. The van der Waals surface area contributed by atoms with E-state index in [1.807, 2.05) is 6.07 Å². The third-order valence-corrected chi connectivity index (χ3v) is 4.75. The molecule has 3 N–H and O–H groups in total. The summed E-state index contributed by atoms with van der Waals surface area (Å²) < 4.78 is 14.0. The molecule has 128 valence electrons. The first kappa shape index (κ1) is 15.6. The highest BCUT2D eigenvalue weighted by Gasteiger charge is 2.15. The Morgan fingerprint density at radius 3 is 2.96 bits per heavy atom. The zero-order chi connectivity index (χ0) is 17.2. The number of aromatic nitrogens is 2. The molecule has 0 fully saturated rings. The Labute approximate surface area is 144 Å². The van der Waals surface area contributed by atoms with E-state index in [1.165, 1.54) is 29.9 Å². The van der Waals surface area contributed by atoms with Gasteiger partial charge >= 0.3 is 6.03 Å². The third-order valence-electron chi connectivity index (χ3n) is 4.75. The molecule has 1 heterocycles. The number of carbonyl (C=O) groups excluding carboxylic acids is 1. The molecular formula is C19H19FN4O. The average Bonchev–Trinajstić information content (AvgIpc) is 3.28. The van der Waals surface area contributed by atoms with E-state index < -0.39 is 0 Å². The number of amides is 2. The van der Waals surface area contributed by atoms with Gasteiger partial charge in [-0.2, -0.15) is 0 Å². The summed E-state index contributed by atoms with van der Waals surface area (Å²) in [6, 6.07) is 8.93. The smallest absolute Gasteiger partial charge is 0.315 e. The molecule has 0 radical (unpaired) electrons. The fourth-order valence-corrected chi connectivity index (χ4v) is 3.48. The average molecular weight is 338 g/mol. The molecule has 2 aromatic carbocycles. The fraction of sp³-hybridized carbons (Fsp3) is 0.263. The van der Waals surface area contributed by atoms with Crippen LogP contribution in [0.5, 0.6) is 0 Å². The van der Waals surface area contributed by atoms with Gasteiger partial charge in [0.25, 0.3) is 0 Å². The summed E-state index contributed by atoms with van der Waals surface area (Å²) in [5.41, 5.74) is 5.57. The minimum Gasteiger partial charge on any atom is -0.345 e. The fourth-order valence-electron chi connectivity index (χ4n) is 3.48. The van der Waals surface area contributed by atoms with Crippen LogP contribution in [-0.4, -0.2) is 16.0 Å². The number of imidazole rings is 1. The summed E-state index contributed by atoms with van der Waals surface area (Å²) in [6.45, 7) is 0.566. The third kappa shape index (κ3) is 3.07. The normalized spacial score (nSPS) is 13.0. The van der Waals surface area contributed by atoms with Gasteiger partial charge in [-0.05, 0) is 48.1 Å². The Bertz CT molecular complexity index is 934. The Morgan fingerprint density at radius 1 is 1.16 bits per heavy atom. The summed E-state index contributed by atoms with van der Waals surface area (Å²) in [5, 5.41) is 5.58. The number of benzene rings is 2. The molecule has 25 heavy (non-hydrogen) atoms. The molecule has 3 aromatic rings. The summed E-state index contributed by atoms with van der Waals surface area (Å²) in [6.07, 6.45) is 4.87. The van der Waals surface area contributed by atoms with Crippen LogP contribution in [0.3, 0.4) is 0 Å².